The molecule has 1 atom stereocenters. The fourth-order valence-corrected chi connectivity index (χ4v) is 1.95. The van der Waals surface area contributed by atoms with Gasteiger partial charge in [0.2, 0.25) is 0 Å². The van der Waals surface area contributed by atoms with Gasteiger partial charge in [-0.3, -0.25) is 4.79 Å². The van der Waals surface area contributed by atoms with Crippen molar-refractivity contribution < 1.29 is 9.90 Å². The van der Waals surface area contributed by atoms with Crippen LogP contribution in [-0.4, -0.2) is 19.8 Å². The van der Waals surface area contributed by atoms with Crippen LogP contribution >= 0.6 is 11.7 Å². The van der Waals surface area contributed by atoms with E-state index < -0.39 is 5.97 Å². The highest BCUT2D eigenvalue weighted by atomic mass is 32.1. The Kier molecular flexibility index (Phi) is 2.10. The van der Waals surface area contributed by atoms with Crippen molar-refractivity contribution in [1.82, 2.24) is 8.75 Å². The van der Waals surface area contributed by atoms with Crippen LogP contribution in [-0.2, 0) is 11.2 Å². The summed E-state index contributed by atoms with van der Waals surface area (Å²) in [5.74, 6) is -0.685. The molecule has 0 aromatic carbocycles. The molecule has 1 heterocycles. The van der Waals surface area contributed by atoms with Crippen molar-refractivity contribution in [3.8, 4) is 0 Å². The lowest BCUT2D eigenvalue weighted by atomic mass is 9.94. The Morgan fingerprint density at radius 3 is 3.31 bits per heavy atom. The lowest BCUT2D eigenvalue weighted by molar-refractivity contribution is -0.137. The summed E-state index contributed by atoms with van der Waals surface area (Å²) in [4.78, 5) is 10.5. The highest BCUT2D eigenvalue weighted by molar-refractivity contribution is 6.99. The number of carbonyl (C=O) groups is 1. The van der Waals surface area contributed by atoms with Gasteiger partial charge >= 0.3 is 5.97 Å². The first-order valence-electron chi connectivity index (χ1n) is 3.97. The Labute approximate surface area is 79.2 Å². The third kappa shape index (κ3) is 1.75. The van der Waals surface area contributed by atoms with Crippen LogP contribution in [0.2, 0.25) is 0 Å². The normalized spacial score (nSPS) is 19.8. The monoisotopic (exact) mass is 196 g/mol. The average Bonchev–Trinajstić information content (AvgIpc) is 2.49. The molecule has 68 valence electrons. The summed E-state index contributed by atoms with van der Waals surface area (Å²) >= 11 is 1.18. The zero-order chi connectivity index (χ0) is 9.26. The topological polar surface area (TPSA) is 63.1 Å². The number of carboxylic acids is 1. The van der Waals surface area contributed by atoms with Crippen molar-refractivity contribution in [1.29, 1.82) is 0 Å². The molecule has 0 saturated heterocycles. The quantitative estimate of drug-likeness (QED) is 0.772. The minimum absolute atomic E-state index is 0.0777. The Hall–Kier alpha value is -1.23. The average molecular weight is 196 g/mol. The first-order valence-corrected chi connectivity index (χ1v) is 4.70. The number of aliphatic carboxylic acids is 1. The Morgan fingerprint density at radius 2 is 2.54 bits per heavy atom. The van der Waals surface area contributed by atoms with Crippen molar-refractivity contribution >= 4 is 23.8 Å². The number of carboxylic acid groups (broad SMARTS) is 1. The van der Waals surface area contributed by atoms with Gasteiger partial charge in [0, 0.05) is 0 Å². The van der Waals surface area contributed by atoms with Crippen molar-refractivity contribution in [3.05, 3.63) is 17.5 Å². The van der Waals surface area contributed by atoms with E-state index in [0.29, 0.717) is 6.42 Å². The molecule has 0 aliphatic heterocycles. The number of nitrogens with zero attached hydrogens (tertiary/aromatic N) is 2. The van der Waals surface area contributed by atoms with Gasteiger partial charge in [0.25, 0.3) is 0 Å². The maximum absolute atomic E-state index is 10.5. The lowest BCUT2D eigenvalue weighted by Gasteiger charge is -2.11. The van der Waals surface area contributed by atoms with Crippen LogP contribution in [0.4, 0.5) is 0 Å². The second-order valence-corrected chi connectivity index (χ2v) is 3.55. The zero-order valence-electron chi connectivity index (χ0n) is 6.80. The number of hydrogen-bond donors (Lipinski definition) is 1. The molecule has 0 amide bonds. The van der Waals surface area contributed by atoms with Gasteiger partial charge in [0.05, 0.1) is 29.5 Å². The molecule has 13 heavy (non-hydrogen) atoms. The van der Waals surface area contributed by atoms with Crippen LogP contribution in [0.25, 0.3) is 6.08 Å². The summed E-state index contributed by atoms with van der Waals surface area (Å²) in [7, 11) is 0. The molecule has 0 radical (unpaired) electrons. The standard InChI is InChI=1S/C8H8N2O2S/c11-8(12)4-5-1-2-6-7(3-5)10-13-9-6/h1-2,5H,3-4H2,(H,11,12). The largest absolute Gasteiger partial charge is 0.481 e. The zero-order valence-corrected chi connectivity index (χ0v) is 7.62. The van der Waals surface area contributed by atoms with Crippen molar-refractivity contribution in [2.45, 2.75) is 12.8 Å². The molecule has 0 saturated carbocycles. The van der Waals surface area contributed by atoms with Gasteiger partial charge in [0.1, 0.15) is 0 Å². The van der Waals surface area contributed by atoms with E-state index in [-0.39, 0.29) is 12.3 Å². The van der Waals surface area contributed by atoms with Crippen LogP contribution in [0.15, 0.2) is 6.08 Å². The molecule has 5 heteroatoms. The van der Waals surface area contributed by atoms with Crippen LogP contribution in [0.3, 0.4) is 0 Å². The molecule has 1 aromatic heterocycles. The first-order chi connectivity index (χ1) is 6.25. The summed E-state index contributed by atoms with van der Waals surface area (Å²) in [6.45, 7) is 0. The Bertz CT molecular complexity index is 359. The third-order valence-corrected chi connectivity index (χ3v) is 2.58. The molecular formula is C8H8N2O2S. The minimum atomic E-state index is -0.763. The number of fused-ring (bicyclic) bond motifs is 1. The van der Waals surface area contributed by atoms with Gasteiger partial charge in [0.15, 0.2) is 0 Å². The van der Waals surface area contributed by atoms with E-state index in [1.165, 1.54) is 11.7 Å². The molecule has 1 unspecified atom stereocenters. The van der Waals surface area contributed by atoms with Crippen LogP contribution in [0.5, 0.6) is 0 Å². The molecule has 1 aliphatic rings. The maximum Gasteiger partial charge on any atom is 0.303 e. The van der Waals surface area contributed by atoms with E-state index in [9.17, 15) is 4.79 Å². The summed E-state index contributed by atoms with van der Waals surface area (Å²) in [6.07, 6.45) is 4.63. The van der Waals surface area contributed by atoms with E-state index in [1.54, 1.807) is 0 Å². The molecule has 0 spiro atoms. The molecular weight excluding hydrogens is 188 g/mol. The minimum Gasteiger partial charge on any atom is -0.481 e. The fourth-order valence-electron chi connectivity index (χ4n) is 1.39. The van der Waals surface area contributed by atoms with E-state index in [0.717, 1.165) is 11.4 Å². The summed E-state index contributed by atoms with van der Waals surface area (Å²) < 4.78 is 8.17. The van der Waals surface area contributed by atoms with Gasteiger partial charge in [-0.1, -0.05) is 6.08 Å². The van der Waals surface area contributed by atoms with Crippen molar-refractivity contribution in [3.63, 3.8) is 0 Å². The number of hydrogen-bond acceptors (Lipinski definition) is 4. The molecule has 0 bridgehead atoms. The summed E-state index contributed by atoms with van der Waals surface area (Å²) in [5.41, 5.74) is 1.82. The van der Waals surface area contributed by atoms with Gasteiger partial charge in [-0.05, 0) is 18.4 Å². The number of rotatable bonds is 2. The molecule has 1 N–H and O–H groups in total. The van der Waals surface area contributed by atoms with Gasteiger partial charge in [-0.25, -0.2) is 0 Å². The highest BCUT2D eigenvalue weighted by Crippen LogP contribution is 2.22. The number of aromatic nitrogens is 2. The van der Waals surface area contributed by atoms with Gasteiger partial charge in [-0.2, -0.15) is 8.75 Å². The Morgan fingerprint density at radius 1 is 1.69 bits per heavy atom. The van der Waals surface area contributed by atoms with Crippen LogP contribution < -0.4 is 0 Å². The number of allylic oxidation sites excluding steroid dienone is 1. The van der Waals surface area contributed by atoms with Gasteiger partial charge in [-0.15, -0.1) is 0 Å². The smallest absolute Gasteiger partial charge is 0.303 e. The summed E-state index contributed by atoms with van der Waals surface area (Å²) in [6, 6.07) is 0. The fraction of sp³-hybridized carbons (Fsp3) is 0.375. The predicted molar refractivity (Wildman–Crippen MR) is 48.4 cm³/mol. The second kappa shape index (κ2) is 3.26. The first kappa shape index (κ1) is 8.37. The van der Waals surface area contributed by atoms with E-state index in [2.05, 4.69) is 8.75 Å². The summed E-state index contributed by atoms with van der Waals surface area (Å²) in [5, 5.41) is 8.60. The Balaban J connectivity index is 2.12. The third-order valence-electron chi connectivity index (χ3n) is 2.00. The molecule has 2 rings (SSSR count). The molecule has 1 aromatic rings. The maximum atomic E-state index is 10.5. The molecule has 1 aliphatic carbocycles. The SMILES string of the molecule is O=C(O)CC1C=Cc2nsnc2C1. The lowest BCUT2D eigenvalue weighted by Crippen LogP contribution is -2.11. The van der Waals surface area contributed by atoms with E-state index >= 15 is 0 Å². The van der Waals surface area contributed by atoms with E-state index in [4.69, 9.17) is 5.11 Å². The van der Waals surface area contributed by atoms with Gasteiger partial charge < -0.3 is 5.11 Å². The van der Waals surface area contributed by atoms with Crippen LogP contribution in [0.1, 0.15) is 17.8 Å². The molecule has 0 fully saturated rings. The predicted octanol–water partition coefficient (Wildman–Crippen LogP) is 1.20. The van der Waals surface area contributed by atoms with Crippen molar-refractivity contribution in [2.24, 2.45) is 5.92 Å². The molecule has 4 nitrogen and oxygen atoms in total. The van der Waals surface area contributed by atoms with Crippen molar-refractivity contribution in [2.75, 3.05) is 0 Å². The highest BCUT2D eigenvalue weighted by Gasteiger charge is 2.18. The second-order valence-electron chi connectivity index (χ2n) is 3.02. The van der Waals surface area contributed by atoms with Crippen LogP contribution in [0, 0.1) is 5.92 Å². The van der Waals surface area contributed by atoms with E-state index in [1.807, 2.05) is 12.2 Å².